The molecule has 0 radical (unpaired) electrons. The van der Waals surface area contributed by atoms with Crippen molar-refractivity contribution in [2.45, 2.75) is 66.2 Å². The molecule has 0 saturated carbocycles. The van der Waals surface area contributed by atoms with Crippen LogP contribution in [0.2, 0.25) is 5.02 Å². The molecule has 0 fully saturated rings. The number of carbonyl (C=O) groups excluding carboxylic acids is 3. The van der Waals surface area contributed by atoms with Crippen LogP contribution >= 0.6 is 11.6 Å². The first-order valence-electron chi connectivity index (χ1n) is 13.8. The number of nitrogens with zero attached hydrogens (tertiary/aromatic N) is 1. The van der Waals surface area contributed by atoms with Crippen molar-refractivity contribution < 1.29 is 19.1 Å². The molecule has 0 spiro atoms. The van der Waals surface area contributed by atoms with E-state index in [9.17, 15) is 14.4 Å². The van der Waals surface area contributed by atoms with Gasteiger partial charge in [-0.25, -0.2) is 0 Å². The molecule has 210 valence electrons. The lowest BCUT2D eigenvalue weighted by Crippen LogP contribution is -2.43. The lowest BCUT2D eigenvalue weighted by atomic mass is 9.63. The summed E-state index contributed by atoms with van der Waals surface area (Å²) in [7, 11) is 1.98. The molecule has 5 rings (SSSR count). The van der Waals surface area contributed by atoms with Crippen molar-refractivity contribution in [2.75, 3.05) is 19.0 Å². The van der Waals surface area contributed by atoms with Gasteiger partial charge in [0.1, 0.15) is 5.75 Å². The van der Waals surface area contributed by atoms with Gasteiger partial charge < -0.3 is 15.0 Å². The van der Waals surface area contributed by atoms with Gasteiger partial charge in [0.25, 0.3) is 5.91 Å². The molecule has 2 aliphatic carbocycles. The standard InChI is InChI=1S/C33H37ClN2O4/c1-19-8-7-9-21(12-19)35-28(39)18-40-27-11-10-20(34)13-22(27)29-30-23(14-32(2,3)16-25(30)37)36(6)24-15-33(4,5)17-26(38)31(24)29/h7-13,29H,14-18H2,1-6H3,(H,35,39). The zero-order valence-corrected chi connectivity index (χ0v) is 24.9. The number of nitrogens with one attached hydrogen (secondary N) is 1. The summed E-state index contributed by atoms with van der Waals surface area (Å²) in [6.45, 7) is 10.2. The summed E-state index contributed by atoms with van der Waals surface area (Å²) >= 11 is 6.52. The Morgan fingerprint density at radius 1 is 0.950 bits per heavy atom. The molecule has 3 aliphatic rings. The van der Waals surface area contributed by atoms with Crippen LogP contribution in [0.3, 0.4) is 0 Å². The number of Topliss-reactive ketones (excluding diaryl/α,β-unsaturated/α-hetero) is 2. The van der Waals surface area contributed by atoms with E-state index >= 15 is 0 Å². The van der Waals surface area contributed by atoms with Gasteiger partial charge in [-0.1, -0.05) is 51.4 Å². The second-order valence-corrected chi connectivity index (χ2v) is 13.4. The van der Waals surface area contributed by atoms with Crippen molar-refractivity contribution in [1.82, 2.24) is 4.90 Å². The zero-order chi connectivity index (χ0) is 29.0. The number of halogens is 1. The first-order chi connectivity index (χ1) is 18.7. The molecular weight excluding hydrogens is 524 g/mol. The fourth-order valence-electron chi connectivity index (χ4n) is 6.42. The summed E-state index contributed by atoms with van der Waals surface area (Å²) in [5.74, 6) is -0.388. The van der Waals surface area contributed by atoms with Crippen molar-refractivity contribution in [1.29, 1.82) is 0 Å². The van der Waals surface area contributed by atoms with Crippen molar-refractivity contribution in [2.24, 2.45) is 10.8 Å². The molecule has 0 atom stereocenters. The first-order valence-corrected chi connectivity index (χ1v) is 14.2. The van der Waals surface area contributed by atoms with Gasteiger partial charge in [-0.2, -0.15) is 0 Å². The highest BCUT2D eigenvalue weighted by molar-refractivity contribution is 6.30. The highest BCUT2D eigenvalue weighted by Gasteiger charge is 2.48. The largest absolute Gasteiger partial charge is 0.483 e. The lowest BCUT2D eigenvalue weighted by molar-refractivity contribution is -0.120. The topological polar surface area (TPSA) is 75.7 Å². The van der Waals surface area contributed by atoms with E-state index in [0.717, 1.165) is 29.8 Å². The minimum atomic E-state index is -0.595. The number of carbonyl (C=O) groups is 3. The number of allylic oxidation sites excluding steroid dienone is 4. The minimum absolute atomic E-state index is 0.0374. The van der Waals surface area contributed by atoms with Crippen LogP contribution in [0.5, 0.6) is 5.75 Å². The number of rotatable bonds is 5. The SMILES string of the molecule is Cc1cccc(NC(=O)COc2ccc(Cl)cc2C2C3=C(CC(C)(C)CC3=O)N(C)C3=C2C(=O)CC(C)(C)C3)c1. The van der Waals surface area contributed by atoms with E-state index in [-0.39, 0.29) is 34.9 Å². The molecule has 6 nitrogen and oxygen atoms in total. The van der Waals surface area contributed by atoms with Crippen molar-refractivity contribution >= 4 is 34.8 Å². The molecule has 0 bridgehead atoms. The van der Waals surface area contributed by atoms with Gasteiger partial charge in [-0.3, -0.25) is 14.4 Å². The van der Waals surface area contributed by atoms with E-state index in [2.05, 4.69) is 37.9 Å². The quantitative estimate of drug-likeness (QED) is 0.427. The van der Waals surface area contributed by atoms with Crippen LogP contribution in [0.25, 0.3) is 0 Å². The number of hydrogen-bond acceptors (Lipinski definition) is 5. The Hall–Kier alpha value is -3.38. The van der Waals surface area contributed by atoms with E-state index in [1.165, 1.54) is 0 Å². The Morgan fingerprint density at radius 3 is 2.12 bits per heavy atom. The van der Waals surface area contributed by atoms with Gasteiger partial charge in [0, 0.05) is 64.6 Å². The van der Waals surface area contributed by atoms with Crippen LogP contribution < -0.4 is 10.1 Å². The van der Waals surface area contributed by atoms with E-state index < -0.39 is 5.92 Å². The van der Waals surface area contributed by atoms with E-state index in [4.69, 9.17) is 16.3 Å². The number of benzene rings is 2. The first kappa shape index (κ1) is 28.2. The Kier molecular flexibility index (Phi) is 7.20. The summed E-state index contributed by atoms with van der Waals surface area (Å²) in [6, 6.07) is 12.8. The van der Waals surface area contributed by atoms with E-state index in [1.807, 2.05) is 38.2 Å². The number of ether oxygens (including phenoxy) is 1. The fraction of sp³-hybridized carbons (Fsp3) is 0.424. The van der Waals surface area contributed by atoms with Crippen molar-refractivity contribution in [3.63, 3.8) is 0 Å². The monoisotopic (exact) mass is 560 g/mol. The average molecular weight is 561 g/mol. The molecule has 1 amide bonds. The van der Waals surface area contributed by atoms with E-state index in [1.54, 1.807) is 18.2 Å². The number of amides is 1. The van der Waals surface area contributed by atoms with E-state index in [0.29, 0.717) is 46.0 Å². The third-order valence-corrected chi connectivity index (χ3v) is 8.36. The smallest absolute Gasteiger partial charge is 0.262 e. The molecule has 1 N–H and O–H groups in total. The minimum Gasteiger partial charge on any atom is -0.483 e. The predicted molar refractivity (Wildman–Crippen MR) is 157 cm³/mol. The third-order valence-electron chi connectivity index (χ3n) is 8.12. The lowest BCUT2D eigenvalue weighted by Gasteiger charge is -2.48. The zero-order valence-electron chi connectivity index (χ0n) is 24.1. The Morgan fingerprint density at radius 2 is 1.55 bits per heavy atom. The second-order valence-electron chi connectivity index (χ2n) is 13.0. The number of hydrogen-bond donors (Lipinski definition) is 1. The van der Waals surface area contributed by atoms with Crippen LogP contribution in [-0.4, -0.2) is 36.0 Å². The number of ketones is 2. The molecule has 2 aromatic rings. The Labute approximate surface area is 241 Å². The van der Waals surface area contributed by atoms with Crippen LogP contribution in [0.15, 0.2) is 65.0 Å². The molecule has 0 saturated heterocycles. The Bertz CT molecular complexity index is 1430. The van der Waals surface area contributed by atoms with Crippen LogP contribution in [0.4, 0.5) is 5.69 Å². The Balaban J connectivity index is 1.57. The summed E-state index contributed by atoms with van der Waals surface area (Å²) in [6.07, 6.45) is 2.24. The maximum absolute atomic E-state index is 13.8. The second kappa shape index (κ2) is 10.2. The normalized spacial score (nSPS) is 20.3. The molecule has 2 aromatic carbocycles. The van der Waals surface area contributed by atoms with Gasteiger partial charge in [-0.05, 0) is 66.5 Å². The maximum atomic E-state index is 13.8. The van der Waals surface area contributed by atoms with Gasteiger partial charge in [0.05, 0.1) is 0 Å². The maximum Gasteiger partial charge on any atom is 0.262 e. The van der Waals surface area contributed by atoms with Crippen LogP contribution in [0, 0.1) is 17.8 Å². The fourth-order valence-corrected chi connectivity index (χ4v) is 6.60. The molecule has 0 unspecified atom stereocenters. The summed E-state index contributed by atoms with van der Waals surface area (Å²) in [5.41, 5.74) is 5.19. The highest BCUT2D eigenvalue weighted by atomic mass is 35.5. The van der Waals surface area contributed by atoms with Gasteiger partial charge >= 0.3 is 0 Å². The van der Waals surface area contributed by atoms with Crippen molar-refractivity contribution in [3.8, 4) is 5.75 Å². The summed E-state index contributed by atoms with van der Waals surface area (Å²) in [5, 5.41) is 3.34. The molecule has 7 heteroatoms. The van der Waals surface area contributed by atoms with Crippen LogP contribution in [0.1, 0.15) is 70.4 Å². The number of anilines is 1. The third kappa shape index (κ3) is 5.46. The molecular formula is C33H37ClN2O4. The number of aryl methyl sites for hydroxylation is 1. The van der Waals surface area contributed by atoms with Gasteiger partial charge in [0.15, 0.2) is 18.2 Å². The van der Waals surface area contributed by atoms with Crippen molar-refractivity contribution in [3.05, 3.63) is 81.2 Å². The van der Waals surface area contributed by atoms with Gasteiger partial charge in [0.2, 0.25) is 0 Å². The molecule has 40 heavy (non-hydrogen) atoms. The van der Waals surface area contributed by atoms with Crippen LogP contribution in [-0.2, 0) is 14.4 Å². The van der Waals surface area contributed by atoms with Gasteiger partial charge in [-0.15, -0.1) is 0 Å². The molecule has 0 aromatic heterocycles. The summed E-state index contributed by atoms with van der Waals surface area (Å²) in [4.78, 5) is 42.5. The predicted octanol–water partition coefficient (Wildman–Crippen LogP) is 6.98. The average Bonchev–Trinajstić information content (AvgIpc) is 2.83. The molecule has 1 aliphatic heterocycles. The highest BCUT2D eigenvalue weighted by Crippen LogP contribution is 2.55. The summed E-state index contributed by atoms with van der Waals surface area (Å²) < 4.78 is 6.10. The molecule has 1 heterocycles.